The first kappa shape index (κ1) is 19.2. The van der Waals surface area contributed by atoms with Crippen molar-refractivity contribution >= 4 is 17.6 Å². The van der Waals surface area contributed by atoms with Gasteiger partial charge in [0.1, 0.15) is 6.04 Å². The van der Waals surface area contributed by atoms with E-state index in [0.29, 0.717) is 13.2 Å². The fourth-order valence-electron chi connectivity index (χ4n) is 2.60. The minimum absolute atomic E-state index is 0.198. The first-order valence-electron chi connectivity index (χ1n) is 8.66. The number of nitrogens with one attached hydrogen (secondary N) is 3. The third-order valence-electron chi connectivity index (χ3n) is 4.01. The third-order valence-corrected chi connectivity index (χ3v) is 4.01. The smallest absolute Gasteiger partial charge is 0.321 e. The average Bonchev–Trinajstić information content (AvgIpc) is 2.62. The lowest BCUT2D eigenvalue weighted by molar-refractivity contribution is -0.120. The molecule has 0 radical (unpaired) electrons. The van der Waals surface area contributed by atoms with E-state index in [1.54, 1.807) is 6.92 Å². The van der Waals surface area contributed by atoms with Gasteiger partial charge < -0.3 is 20.1 Å². The second-order valence-electron chi connectivity index (χ2n) is 6.14. The number of amides is 3. The monoisotopic (exact) mass is 349 g/mol. The Morgan fingerprint density at radius 2 is 2.20 bits per heavy atom. The van der Waals surface area contributed by atoms with Crippen molar-refractivity contribution in [1.29, 1.82) is 0 Å². The van der Waals surface area contributed by atoms with Crippen molar-refractivity contribution in [3.63, 3.8) is 0 Å². The van der Waals surface area contributed by atoms with Crippen molar-refractivity contribution in [2.75, 3.05) is 25.6 Å². The number of rotatable bonds is 7. The lowest BCUT2D eigenvalue weighted by Crippen LogP contribution is -2.44. The van der Waals surface area contributed by atoms with Gasteiger partial charge in [-0.15, -0.1) is 0 Å². The van der Waals surface area contributed by atoms with E-state index >= 15 is 0 Å². The Kier molecular flexibility index (Phi) is 7.69. The Labute approximate surface area is 148 Å². The highest BCUT2D eigenvalue weighted by atomic mass is 16.5. The summed E-state index contributed by atoms with van der Waals surface area (Å²) in [6, 6.07) is 6.63. The second-order valence-corrected chi connectivity index (χ2v) is 6.14. The number of hydrogen-bond acceptors (Lipinski definition) is 5. The molecule has 0 unspecified atom stereocenters. The summed E-state index contributed by atoms with van der Waals surface area (Å²) in [5.74, 6) is -0.393. The number of anilines is 1. The topological polar surface area (TPSA) is 88.7 Å². The molecule has 0 spiro atoms. The molecule has 1 aromatic rings. The zero-order chi connectivity index (χ0) is 18.1. The lowest BCUT2D eigenvalue weighted by atomic mass is 10.1. The molecule has 25 heavy (non-hydrogen) atoms. The predicted octanol–water partition coefficient (Wildman–Crippen LogP) is 2.03. The van der Waals surface area contributed by atoms with Crippen molar-refractivity contribution in [1.82, 2.24) is 10.6 Å². The van der Waals surface area contributed by atoms with Crippen LogP contribution in [0.5, 0.6) is 0 Å². The summed E-state index contributed by atoms with van der Waals surface area (Å²) >= 11 is 0. The standard InChI is InChI=1S/C18H27N3O4/c1-13(17(22)21-18(23)19-2)20-15-7-5-6-14(10-15)11-24-12-16-8-3-4-9-25-16/h5-7,10,13,16,20H,3-4,8-9,11-12H2,1-2H3,(H2,19,21,22,23)/t13-,16-/m0/s1. The molecule has 2 rings (SSSR count). The minimum atomic E-state index is -0.538. The Morgan fingerprint density at radius 3 is 2.92 bits per heavy atom. The molecule has 1 heterocycles. The van der Waals surface area contributed by atoms with Crippen LogP contribution in [-0.2, 0) is 20.9 Å². The SMILES string of the molecule is CNC(=O)NC(=O)[C@H](C)Nc1cccc(COC[C@@H]2CCCCO2)c1. The van der Waals surface area contributed by atoms with Gasteiger partial charge in [0.2, 0.25) is 5.91 Å². The van der Waals surface area contributed by atoms with Gasteiger partial charge in [-0.25, -0.2) is 4.79 Å². The number of ether oxygens (including phenoxy) is 2. The van der Waals surface area contributed by atoms with E-state index < -0.39 is 18.0 Å². The number of hydrogen-bond donors (Lipinski definition) is 3. The predicted molar refractivity (Wildman–Crippen MR) is 95.4 cm³/mol. The maximum Gasteiger partial charge on any atom is 0.321 e. The summed E-state index contributed by atoms with van der Waals surface area (Å²) in [6.07, 6.45) is 3.59. The Hall–Kier alpha value is -2.12. The fourth-order valence-corrected chi connectivity index (χ4v) is 2.60. The largest absolute Gasteiger partial charge is 0.376 e. The quantitative estimate of drug-likeness (QED) is 0.701. The van der Waals surface area contributed by atoms with Crippen LogP contribution in [0, 0.1) is 0 Å². The van der Waals surface area contributed by atoms with Crippen LogP contribution in [0.15, 0.2) is 24.3 Å². The molecular weight excluding hydrogens is 322 g/mol. The molecule has 3 amide bonds. The van der Waals surface area contributed by atoms with Crippen LogP contribution in [0.1, 0.15) is 31.7 Å². The molecule has 7 heteroatoms. The van der Waals surface area contributed by atoms with Gasteiger partial charge in [-0.2, -0.15) is 0 Å². The van der Waals surface area contributed by atoms with Gasteiger partial charge in [-0.1, -0.05) is 12.1 Å². The molecule has 7 nitrogen and oxygen atoms in total. The summed E-state index contributed by atoms with van der Waals surface area (Å²) in [5.41, 5.74) is 1.81. The maximum absolute atomic E-state index is 11.9. The van der Waals surface area contributed by atoms with Gasteiger partial charge in [0.05, 0.1) is 19.3 Å². The Morgan fingerprint density at radius 1 is 1.36 bits per heavy atom. The molecular formula is C18H27N3O4. The molecule has 0 aromatic heterocycles. The van der Waals surface area contributed by atoms with E-state index in [0.717, 1.165) is 30.7 Å². The van der Waals surface area contributed by atoms with Gasteiger partial charge in [0.25, 0.3) is 0 Å². The van der Waals surface area contributed by atoms with Crippen LogP contribution in [0.25, 0.3) is 0 Å². The molecule has 138 valence electrons. The van der Waals surface area contributed by atoms with Crippen molar-refractivity contribution in [3.8, 4) is 0 Å². The van der Waals surface area contributed by atoms with Gasteiger partial charge in [-0.05, 0) is 43.9 Å². The molecule has 1 fully saturated rings. The molecule has 2 atom stereocenters. The zero-order valence-corrected chi connectivity index (χ0v) is 14.8. The zero-order valence-electron chi connectivity index (χ0n) is 14.8. The summed E-state index contributed by atoms with van der Waals surface area (Å²) in [4.78, 5) is 23.1. The highest BCUT2D eigenvalue weighted by Gasteiger charge is 2.15. The van der Waals surface area contributed by atoms with Crippen molar-refractivity contribution < 1.29 is 19.1 Å². The van der Waals surface area contributed by atoms with Gasteiger partial charge >= 0.3 is 6.03 Å². The maximum atomic E-state index is 11.9. The van der Waals surface area contributed by atoms with Crippen LogP contribution >= 0.6 is 0 Å². The number of carbonyl (C=O) groups excluding carboxylic acids is 2. The molecule has 0 bridgehead atoms. The summed E-state index contributed by atoms with van der Waals surface area (Å²) in [6.45, 7) is 3.61. The van der Waals surface area contributed by atoms with E-state index in [-0.39, 0.29) is 6.10 Å². The second kappa shape index (κ2) is 10.0. The van der Waals surface area contributed by atoms with Crippen molar-refractivity contribution in [2.45, 2.75) is 44.9 Å². The molecule has 1 aliphatic rings. The number of imide groups is 1. The fraction of sp³-hybridized carbons (Fsp3) is 0.556. The highest BCUT2D eigenvalue weighted by Crippen LogP contribution is 2.15. The highest BCUT2D eigenvalue weighted by molar-refractivity contribution is 5.97. The minimum Gasteiger partial charge on any atom is -0.376 e. The lowest BCUT2D eigenvalue weighted by Gasteiger charge is -2.22. The summed E-state index contributed by atoms with van der Waals surface area (Å²) < 4.78 is 11.4. The van der Waals surface area contributed by atoms with E-state index in [9.17, 15) is 9.59 Å². The Bertz CT molecular complexity index is 573. The van der Waals surface area contributed by atoms with Crippen LogP contribution in [0.4, 0.5) is 10.5 Å². The van der Waals surface area contributed by atoms with Crippen molar-refractivity contribution in [2.24, 2.45) is 0 Å². The van der Waals surface area contributed by atoms with Crippen LogP contribution < -0.4 is 16.0 Å². The molecule has 1 aromatic carbocycles. The molecule has 1 saturated heterocycles. The van der Waals surface area contributed by atoms with Crippen LogP contribution in [-0.4, -0.2) is 44.3 Å². The van der Waals surface area contributed by atoms with E-state index in [4.69, 9.17) is 9.47 Å². The first-order valence-corrected chi connectivity index (χ1v) is 8.66. The van der Waals surface area contributed by atoms with Gasteiger partial charge in [0.15, 0.2) is 0 Å². The van der Waals surface area contributed by atoms with E-state index in [1.165, 1.54) is 13.5 Å². The summed E-state index contributed by atoms with van der Waals surface area (Å²) in [7, 11) is 1.46. The molecule has 0 saturated carbocycles. The van der Waals surface area contributed by atoms with E-state index in [1.807, 2.05) is 24.3 Å². The molecule has 0 aliphatic carbocycles. The number of benzene rings is 1. The number of urea groups is 1. The first-order chi connectivity index (χ1) is 12.1. The van der Waals surface area contributed by atoms with Gasteiger partial charge in [-0.3, -0.25) is 10.1 Å². The summed E-state index contributed by atoms with van der Waals surface area (Å²) in [5, 5.41) is 7.67. The average molecular weight is 349 g/mol. The van der Waals surface area contributed by atoms with Gasteiger partial charge in [0, 0.05) is 19.3 Å². The Balaban J connectivity index is 1.79. The van der Waals surface area contributed by atoms with E-state index in [2.05, 4.69) is 16.0 Å². The molecule has 3 N–H and O–H groups in total. The third kappa shape index (κ3) is 6.72. The normalized spacial score (nSPS) is 18.2. The molecule has 1 aliphatic heterocycles. The van der Waals surface area contributed by atoms with Crippen molar-refractivity contribution in [3.05, 3.63) is 29.8 Å². The van der Waals surface area contributed by atoms with Crippen LogP contribution in [0.3, 0.4) is 0 Å². The number of carbonyl (C=O) groups is 2. The van der Waals surface area contributed by atoms with Crippen LogP contribution in [0.2, 0.25) is 0 Å².